The zero-order valence-corrected chi connectivity index (χ0v) is 13.8. The van der Waals surface area contributed by atoms with Gasteiger partial charge in [-0.05, 0) is 49.7 Å². The van der Waals surface area contributed by atoms with E-state index < -0.39 is 0 Å². The first kappa shape index (κ1) is 15.1. The van der Waals surface area contributed by atoms with Gasteiger partial charge in [0.1, 0.15) is 0 Å². The largest absolute Gasteiger partial charge is 0.325 e. The second-order valence-corrected chi connectivity index (χ2v) is 6.79. The molecule has 0 aliphatic rings. The van der Waals surface area contributed by atoms with Crippen molar-refractivity contribution in [2.75, 3.05) is 5.32 Å². The molecule has 2 nitrogen and oxygen atoms in total. The van der Waals surface area contributed by atoms with Crippen LogP contribution in [0.25, 0.3) is 0 Å². The van der Waals surface area contributed by atoms with Gasteiger partial charge in [0.05, 0.1) is 5.25 Å². The minimum absolute atomic E-state index is 0.0144. The summed E-state index contributed by atoms with van der Waals surface area (Å²) in [6.45, 7) is 3.92. The molecule has 0 saturated heterocycles. The average Bonchev–Trinajstić information content (AvgIpc) is 2.44. The number of amides is 1. The Morgan fingerprint density at radius 2 is 1.90 bits per heavy atom. The third-order valence-electron chi connectivity index (χ3n) is 2.85. The molecule has 20 heavy (non-hydrogen) atoms. The number of hydrogen-bond donors (Lipinski definition) is 1. The number of halogens is 1. The van der Waals surface area contributed by atoms with Crippen molar-refractivity contribution in [1.29, 1.82) is 0 Å². The van der Waals surface area contributed by atoms with Crippen LogP contribution in [0.2, 0.25) is 0 Å². The molecular weight excluding hydrogens is 334 g/mol. The first-order valence-electron chi connectivity index (χ1n) is 6.35. The fraction of sp³-hybridized carbons (Fsp3) is 0.188. The molecule has 0 spiro atoms. The molecule has 0 saturated carbocycles. The van der Waals surface area contributed by atoms with E-state index in [9.17, 15) is 4.79 Å². The predicted molar refractivity (Wildman–Crippen MR) is 89.3 cm³/mol. The zero-order valence-electron chi connectivity index (χ0n) is 11.4. The molecule has 0 heterocycles. The number of nitrogens with one attached hydrogen (secondary N) is 1. The molecule has 0 aromatic heterocycles. The van der Waals surface area contributed by atoms with E-state index in [0.29, 0.717) is 0 Å². The van der Waals surface area contributed by atoms with Crippen LogP contribution in [0.1, 0.15) is 12.5 Å². The number of aryl methyl sites for hydroxylation is 1. The lowest BCUT2D eigenvalue weighted by Gasteiger charge is -2.12. The highest BCUT2D eigenvalue weighted by Gasteiger charge is 2.14. The number of benzene rings is 2. The maximum absolute atomic E-state index is 12.2. The van der Waals surface area contributed by atoms with E-state index in [-0.39, 0.29) is 11.2 Å². The maximum Gasteiger partial charge on any atom is 0.237 e. The monoisotopic (exact) mass is 349 g/mol. The minimum Gasteiger partial charge on any atom is -0.325 e. The summed E-state index contributed by atoms with van der Waals surface area (Å²) in [5.41, 5.74) is 1.93. The van der Waals surface area contributed by atoms with Crippen molar-refractivity contribution in [2.24, 2.45) is 0 Å². The van der Waals surface area contributed by atoms with Crippen LogP contribution in [0.15, 0.2) is 57.9 Å². The van der Waals surface area contributed by atoms with Gasteiger partial charge in [-0.25, -0.2) is 0 Å². The zero-order chi connectivity index (χ0) is 14.5. The van der Waals surface area contributed by atoms with Gasteiger partial charge in [0.15, 0.2) is 0 Å². The van der Waals surface area contributed by atoms with E-state index in [4.69, 9.17) is 0 Å². The van der Waals surface area contributed by atoms with Gasteiger partial charge in [0.2, 0.25) is 5.91 Å². The fourth-order valence-corrected chi connectivity index (χ4v) is 2.86. The van der Waals surface area contributed by atoms with Crippen LogP contribution in [-0.2, 0) is 4.79 Å². The van der Waals surface area contributed by atoms with E-state index in [1.165, 1.54) is 0 Å². The van der Waals surface area contributed by atoms with Crippen LogP contribution in [0.4, 0.5) is 5.69 Å². The Kier molecular flexibility index (Phi) is 5.26. The van der Waals surface area contributed by atoms with Crippen LogP contribution in [0, 0.1) is 6.92 Å². The van der Waals surface area contributed by atoms with Crippen molar-refractivity contribution < 1.29 is 4.79 Å². The van der Waals surface area contributed by atoms with Crippen molar-refractivity contribution >= 4 is 39.3 Å². The number of anilines is 1. The first-order valence-corrected chi connectivity index (χ1v) is 8.02. The van der Waals surface area contributed by atoms with Crippen LogP contribution in [0.3, 0.4) is 0 Å². The number of rotatable bonds is 4. The second-order valence-electron chi connectivity index (χ2n) is 4.53. The highest BCUT2D eigenvalue weighted by atomic mass is 79.9. The molecule has 1 N–H and O–H groups in total. The smallest absolute Gasteiger partial charge is 0.237 e. The van der Waals surface area contributed by atoms with Gasteiger partial charge >= 0.3 is 0 Å². The topological polar surface area (TPSA) is 29.1 Å². The van der Waals surface area contributed by atoms with Gasteiger partial charge in [-0.2, -0.15) is 0 Å². The molecule has 1 amide bonds. The Labute approximate surface area is 132 Å². The lowest BCUT2D eigenvalue weighted by molar-refractivity contribution is -0.115. The summed E-state index contributed by atoms with van der Waals surface area (Å²) in [7, 11) is 0. The molecule has 2 aromatic rings. The Morgan fingerprint density at radius 3 is 2.55 bits per heavy atom. The summed E-state index contributed by atoms with van der Waals surface area (Å²) in [5.74, 6) is 0.0144. The van der Waals surface area contributed by atoms with Crippen molar-refractivity contribution in [2.45, 2.75) is 24.0 Å². The first-order chi connectivity index (χ1) is 9.56. The highest BCUT2D eigenvalue weighted by molar-refractivity contribution is 9.10. The Balaban J connectivity index is 1.99. The highest BCUT2D eigenvalue weighted by Crippen LogP contribution is 2.25. The molecule has 1 atom stereocenters. The summed E-state index contributed by atoms with van der Waals surface area (Å²) in [6.07, 6.45) is 0. The lowest BCUT2D eigenvalue weighted by atomic mass is 10.2. The molecule has 0 unspecified atom stereocenters. The molecule has 0 aliphatic carbocycles. The summed E-state index contributed by atoms with van der Waals surface area (Å²) in [5, 5.41) is 2.81. The van der Waals surface area contributed by atoms with Gasteiger partial charge < -0.3 is 5.32 Å². The van der Waals surface area contributed by atoms with Crippen LogP contribution in [0.5, 0.6) is 0 Å². The molecule has 104 valence electrons. The number of hydrogen-bond acceptors (Lipinski definition) is 2. The van der Waals surface area contributed by atoms with E-state index in [2.05, 4.69) is 21.2 Å². The van der Waals surface area contributed by atoms with E-state index in [0.717, 1.165) is 20.6 Å². The second kappa shape index (κ2) is 6.95. The van der Waals surface area contributed by atoms with Crippen molar-refractivity contribution in [3.8, 4) is 0 Å². The Bertz CT molecular complexity index is 601. The van der Waals surface area contributed by atoms with E-state index in [1.807, 2.05) is 62.4 Å². The number of carbonyl (C=O) groups excluding carboxylic acids is 1. The normalized spacial score (nSPS) is 11.9. The fourth-order valence-electron chi connectivity index (χ4n) is 1.72. The molecule has 2 aromatic carbocycles. The van der Waals surface area contributed by atoms with Crippen molar-refractivity contribution in [1.82, 2.24) is 0 Å². The molecule has 4 heteroatoms. The van der Waals surface area contributed by atoms with Gasteiger partial charge in [0, 0.05) is 15.1 Å². The summed E-state index contributed by atoms with van der Waals surface area (Å²) < 4.78 is 1.04. The van der Waals surface area contributed by atoms with Crippen molar-refractivity contribution in [3.05, 3.63) is 58.6 Å². The molecule has 2 rings (SSSR count). The van der Waals surface area contributed by atoms with E-state index in [1.54, 1.807) is 11.8 Å². The Morgan fingerprint density at radius 1 is 1.20 bits per heavy atom. The van der Waals surface area contributed by atoms with Crippen LogP contribution in [-0.4, -0.2) is 11.2 Å². The summed E-state index contributed by atoms with van der Waals surface area (Å²) in [6, 6.07) is 15.8. The van der Waals surface area contributed by atoms with Crippen LogP contribution < -0.4 is 5.32 Å². The number of carbonyl (C=O) groups is 1. The SMILES string of the molecule is Cc1cc(NC(=O)[C@H](C)Sc2ccccc2)ccc1Br. The molecule has 0 aliphatic heterocycles. The predicted octanol–water partition coefficient (Wildman–Crippen LogP) is 4.88. The molecule has 0 bridgehead atoms. The van der Waals surface area contributed by atoms with Gasteiger partial charge in [0.25, 0.3) is 0 Å². The molecule has 0 fully saturated rings. The van der Waals surface area contributed by atoms with Crippen molar-refractivity contribution in [3.63, 3.8) is 0 Å². The summed E-state index contributed by atoms with van der Waals surface area (Å²) >= 11 is 5.01. The lowest BCUT2D eigenvalue weighted by Crippen LogP contribution is -2.22. The average molecular weight is 350 g/mol. The molecule has 0 radical (unpaired) electrons. The van der Waals surface area contributed by atoms with E-state index >= 15 is 0 Å². The maximum atomic E-state index is 12.2. The third kappa shape index (κ3) is 4.12. The van der Waals surface area contributed by atoms with Gasteiger partial charge in [-0.1, -0.05) is 34.1 Å². The van der Waals surface area contributed by atoms with Gasteiger partial charge in [-0.15, -0.1) is 11.8 Å². The third-order valence-corrected chi connectivity index (χ3v) is 4.85. The van der Waals surface area contributed by atoms with Gasteiger partial charge in [-0.3, -0.25) is 4.79 Å². The Hall–Kier alpha value is -1.26. The van der Waals surface area contributed by atoms with Crippen LogP contribution >= 0.6 is 27.7 Å². The minimum atomic E-state index is -0.138. The number of thioether (sulfide) groups is 1. The summed E-state index contributed by atoms with van der Waals surface area (Å²) in [4.78, 5) is 13.3. The quantitative estimate of drug-likeness (QED) is 0.797. The molecular formula is C16H16BrNOS. The standard InChI is InChI=1S/C16H16BrNOS/c1-11-10-13(8-9-15(11)17)18-16(19)12(2)20-14-6-4-3-5-7-14/h3-10,12H,1-2H3,(H,18,19)/t12-/m0/s1.